The van der Waals surface area contributed by atoms with E-state index in [0.29, 0.717) is 0 Å². The minimum atomic E-state index is -3.74. The van der Waals surface area contributed by atoms with Gasteiger partial charge in [0.1, 0.15) is 0 Å². The monoisotopic (exact) mass is 317 g/mol. The normalized spacial score (nSPS) is 11.8. The number of halogens is 1. The zero-order valence-electron chi connectivity index (χ0n) is 11.2. The molecule has 1 aromatic rings. The van der Waals surface area contributed by atoms with Gasteiger partial charge in [-0.05, 0) is 32.0 Å². The Labute approximate surface area is 123 Å². The molecule has 0 amide bonds. The molecule has 0 unspecified atom stereocenters. The Kier molecular flexibility index (Phi) is 5.33. The maximum absolute atomic E-state index is 12.5. The molecule has 0 aliphatic heterocycles. The lowest BCUT2D eigenvalue weighted by Crippen LogP contribution is -2.37. The van der Waals surface area contributed by atoms with Gasteiger partial charge in [0.25, 0.3) is 0 Å². The topological polar surface area (TPSA) is 74.7 Å². The number of hydrogen-bond donors (Lipinski definition) is 1. The van der Waals surface area contributed by atoms with E-state index in [1.54, 1.807) is 13.8 Å². The summed E-state index contributed by atoms with van der Waals surface area (Å²) >= 11 is 5.81. The number of sulfonamides is 1. The maximum Gasteiger partial charge on any atom is 0.337 e. The van der Waals surface area contributed by atoms with Gasteiger partial charge in [-0.2, -0.15) is 4.31 Å². The Hall–Kier alpha value is -1.37. The molecule has 0 fully saturated rings. The van der Waals surface area contributed by atoms with Crippen molar-refractivity contribution >= 4 is 27.6 Å². The van der Waals surface area contributed by atoms with Crippen LogP contribution in [0.25, 0.3) is 0 Å². The van der Waals surface area contributed by atoms with Gasteiger partial charge < -0.3 is 5.11 Å². The third-order valence-electron chi connectivity index (χ3n) is 2.66. The fraction of sp³-hybridized carbons (Fsp3) is 0.308. The van der Waals surface area contributed by atoms with E-state index in [1.165, 1.54) is 22.5 Å². The Morgan fingerprint density at radius 1 is 1.50 bits per heavy atom. The highest BCUT2D eigenvalue weighted by molar-refractivity contribution is 7.89. The van der Waals surface area contributed by atoms with Crippen molar-refractivity contribution in [2.75, 3.05) is 6.54 Å². The molecule has 0 aliphatic rings. The second kappa shape index (κ2) is 6.39. The second-order valence-corrected chi connectivity index (χ2v) is 6.70. The summed E-state index contributed by atoms with van der Waals surface area (Å²) in [6.45, 7) is 7.19. The molecule has 0 aromatic heterocycles. The summed E-state index contributed by atoms with van der Waals surface area (Å²) in [5.74, 6) is -1.20. The highest BCUT2D eigenvalue weighted by Gasteiger charge is 2.26. The SMILES string of the molecule is C=CCN(C(C)C)S(=O)(=O)c1ccc(C(=O)O)c(Cl)c1. The first-order chi connectivity index (χ1) is 9.21. The van der Waals surface area contributed by atoms with Crippen LogP contribution in [0.5, 0.6) is 0 Å². The van der Waals surface area contributed by atoms with Crippen LogP contribution in [0, 0.1) is 0 Å². The van der Waals surface area contributed by atoms with Gasteiger partial charge in [0, 0.05) is 12.6 Å². The lowest BCUT2D eigenvalue weighted by molar-refractivity contribution is 0.0697. The number of carboxylic acid groups (broad SMARTS) is 1. The van der Waals surface area contributed by atoms with Crippen molar-refractivity contribution in [2.24, 2.45) is 0 Å². The van der Waals surface area contributed by atoms with Gasteiger partial charge in [-0.1, -0.05) is 17.7 Å². The largest absolute Gasteiger partial charge is 0.478 e. The number of carbonyl (C=O) groups is 1. The van der Waals surface area contributed by atoms with E-state index in [0.717, 1.165) is 6.07 Å². The molecule has 0 saturated heterocycles. The smallest absolute Gasteiger partial charge is 0.337 e. The molecule has 0 radical (unpaired) electrons. The van der Waals surface area contributed by atoms with Crippen molar-refractivity contribution in [3.05, 3.63) is 41.4 Å². The fourth-order valence-electron chi connectivity index (χ4n) is 1.68. The van der Waals surface area contributed by atoms with E-state index in [2.05, 4.69) is 6.58 Å². The lowest BCUT2D eigenvalue weighted by Gasteiger charge is -2.24. The molecule has 0 atom stereocenters. The molecule has 1 N–H and O–H groups in total. The predicted molar refractivity (Wildman–Crippen MR) is 77.6 cm³/mol. The van der Waals surface area contributed by atoms with Crippen molar-refractivity contribution < 1.29 is 18.3 Å². The standard InChI is InChI=1S/C13H16ClNO4S/c1-4-7-15(9(2)3)20(18,19)10-5-6-11(13(16)17)12(14)8-10/h4-6,8-9H,1,7H2,2-3H3,(H,16,17). The average Bonchev–Trinajstić information content (AvgIpc) is 2.34. The Morgan fingerprint density at radius 3 is 2.50 bits per heavy atom. The van der Waals surface area contributed by atoms with Gasteiger partial charge in [-0.15, -0.1) is 6.58 Å². The van der Waals surface area contributed by atoms with E-state index in [4.69, 9.17) is 16.7 Å². The van der Waals surface area contributed by atoms with Crippen LogP contribution in [0.3, 0.4) is 0 Å². The quantitative estimate of drug-likeness (QED) is 0.818. The van der Waals surface area contributed by atoms with Crippen LogP contribution in [0.2, 0.25) is 5.02 Å². The van der Waals surface area contributed by atoms with Gasteiger partial charge in [-0.25, -0.2) is 13.2 Å². The summed E-state index contributed by atoms with van der Waals surface area (Å²) < 4.78 is 26.2. The van der Waals surface area contributed by atoms with E-state index < -0.39 is 16.0 Å². The number of nitrogens with zero attached hydrogens (tertiary/aromatic N) is 1. The van der Waals surface area contributed by atoms with Crippen molar-refractivity contribution in [3.8, 4) is 0 Å². The molecular weight excluding hydrogens is 302 g/mol. The predicted octanol–water partition coefficient (Wildman–Crippen LogP) is 2.62. The van der Waals surface area contributed by atoms with Gasteiger partial charge in [0.2, 0.25) is 10.0 Å². The van der Waals surface area contributed by atoms with Crippen molar-refractivity contribution in [2.45, 2.75) is 24.8 Å². The van der Waals surface area contributed by atoms with Gasteiger partial charge >= 0.3 is 5.97 Å². The molecule has 0 heterocycles. The van der Waals surface area contributed by atoms with E-state index in [9.17, 15) is 13.2 Å². The maximum atomic E-state index is 12.5. The first-order valence-electron chi connectivity index (χ1n) is 5.87. The van der Waals surface area contributed by atoms with Gasteiger partial charge in [-0.3, -0.25) is 0 Å². The van der Waals surface area contributed by atoms with E-state index >= 15 is 0 Å². The summed E-state index contributed by atoms with van der Waals surface area (Å²) in [5.41, 5.74) is -0.134. The molecule has 0 saturated carbocycles. The van der Waals surface area contributed by atoms with Crippen LogP contribution in [0.4, 0.5) is 0 Å². The summed E-state index contributed by atoms with van der Waals surface area (Å²) in [6.07, 6.45) is 1.49. The Morgan fingerprint density at radius 2 is 2.10 bits per heavy atom. The minimum Gasteiger partial charge on any atom is -0.478 e. The van der Waals surface area contributed by atoms with Crippen molar-refractivity contribution in [1.82, 2.24) is 4.31 Å². The third-order valence-corrected chi connectivity index (χ3v) is 5.01. The molecule has 0 bridgehead atoms. The fourth-order valence-corrected chi connectivity index (χ4v) is 3.64. The van der Waals surface area contributed by atoms with Gasteiger partial charge in [0.15, 0.2) is 0 Å². The number of hydrogen-bond acceptors (Lipinski definition) is 3. The number of rotatable bonds is 6. The lowest BCUT2D eigenvalue weighted by atomic mass is 10.2. The summed E-state index contributed by atoms with van der Waals surface area (Å²) in [6, 6.07) is 3.32. The van der Waals surface area contributed by atoms with E-state index in [-0.39, 0.29) is 28.1 Å². The summed E-state index contributed by atoms with van der Waals surface area (Å²) in [4.78, 5) is 10.8. The number of carboxylic acids is 1. The summed E-state index contributed by atoms with van der Waals surface area (Å²) in [5, 5.41) is 8.77. The molecule has 110 valence electrons. The highest BCUT2D eigenvalue weighted by Crippen LogP contribution is 2.24. The minimum absolute atomic E-state index is 0.0388. The third kappa shape index (κ3) is 3.39. The number of benzene rings is 1. The van der Waals surface area contributed by atoms with Crippen LogP contribution in [-0.4, -0.2) is 36.4 Å². The zero-order valence-corrected chi connectivity index (χ0v) is 12.8. The molecule has 1 aromatic carbocycles. The average molecular weight is 318 g/mol. The molecular formula is C13H16ClNO4S. The van der Waals surface area contributed by atoms with Crippen LogP contribution in [-0.2, 0) is 10.0 Å². The molecule has 7 heteroatoms. The number of aromatic carboxylic acids is 1. The van der Waals surface area contributed by atoms with Gasteiger partial charge in [0.05, 0.1) is 15.5 Å². The first-order valence-corrected chi connectivity index (χ1v) is 7.69. The summed E-state index contributed by atoms with van der Waals surface area (Å²) in [7, 11) is -3.74. The first kappa shape index (κ1) is 16.7. The molecule has 5 nitrogen and oxygen atoms in total. The molecule has 20 heavy (non-hydrogen) atoms. The Bertz CT molecular complexity index is 625. The van der Waals surface area contributed by atoms with Crippen LogP contribution in [0.15, 0.2) is 35.7 Å². The molecule has 0 spiro atoms. The van der Waals surface area contributed by atoms with Crippen LogP contribution in [0.1, 0.15) is 24.2 Å². The van der Waals surface area contributed by atoms with Crippen LogP contribution < -0.4 is 0 Å². The van der Waals surface area contributed by atoms with Crippen molar-refractivity contribution in [1.29, 1.82) is 0 Å². The highest BCUT2D eigenvalue weighted by atomic mass is 35.5. The molecule has 1 rings (SSSR count). The van der Waals surface area contributed by atoms with Crippen LogP contribution >= 0.6 is 11.6 Å². The molecule has 0 aliphatic carbocycles. The Balaban J connectivity index is 3.31. The zero-order chi connectivity index (χ0) is 15.5. The second-order valence-electron chi connectivity index (χ2n) is 4.40. The van der Waals surface area contributed by atoms with E-state index in [1.807, 2.05) is 0 Å². The van der Waals surface area contributed by atoms with Crippen molar-refractivity contribution in [3.63, 3.8) is 0 Å².